The highest BCUT2D eigenvalue weighted by molar-refractivity contribution is 6.31. The number of rotatable bonds is 4. The van der Waals surface area contributed by atoms with E-state index in [9.17, 15) is 5.11 Å². The molecule has 112 valence electrons. The van der Waals surface area contributed by atoms with Gasteiger partial charge in [0, 0.05) is 51.7 Å². The summed E-state index contributed by atoms with van der Waals surface area (Å²) in [5, 5.41) is 15.8. The van der Waals surface area contributed by atoms with Crippen LogP contribution in [0.15, 0.2) is 0 Å². The third kappa shape index (κ3) is 2.48. The lowest BCUT2D eigenvalue weighted by molar-refractivity contribution is -0.0458. The van der Waals surface area contributed by atoms with Gasteiger partial charge in [-0.1, -0.05) is 11.6 Å². The molecule has 3 saturated heterocycles. The normalized spacial score (nSPS) is 30.7. The van der Waals surface area contributed by atoms with Crippen molar-refractivity contribution in [1.82, 2.24) is 19.6 Å². The first-order chi connectivity index (χ1) is 9.60. The molecule has 6 heteroatoms. The van der Waals surface area contributed by atoms with Gasteiger partial charge in [0.1, 0.15) is 0 Å². The van der Waals surface area contributed by atoms with Gasteiger partial charge in [0.2, 0.25) is 0 Å². The van der Waals surface area contributed by atoms with Gasteiger partial charge in [-0.25, -0.2) is 0 Å². The first-order valence-electron chi connectivity index (χ1n) is 7.46. The number of aromatic nitrogens is 2. The second kappa shape index (κ2) is 5.64. The van der Waals surface area contributed by atoms with E-state index in [2.05, 4.69) is 21.8 Å². The van der Waals surface area contributed by atoms with Crippen molar-refractivity contribution in [3.63, 3.8) is 0 Å². The average Bonchev–Trinajstić information content (AvgIpc) is 2.76. The monoisotopic (exact) mass is 298 g/mol. The van der Waals surface area contributed by atoms with Crippen LogP contribution in [-0.2, 0) is 13.0 Å². The molecule has 1 aromatic rings. The summed E-state index contributed by atoms with van der Waals surface area (Å²) in [7, 11) is 0. The predicted molar refractivity (Wildman–Crippen MR) is 79.2 cm³/mol. The molecular formula is C14H23ClN4O. The third-order valence-corrected chi connectivity index (χ3v) is 5.11. The number of aryl methyl sites for hydroxylation is 2. The van der Waals surface area contributed by atoms with E-state index in [1.807, 2.05) is 11.6 Å². The Kier molecular flexibility index (Phi) is 4.04. The van der Waals surface area contributed by atoms with Gasteiger partial charge in [-0.3, -0.25) is 14.5 Å². The van der Waals surface area contributed by atoms with Crippen molar-refractivity contribution in [3.05, 3.63) is 16.4 Å². The minimum Gasteiger partial charge on any atom is -0.391 e. The number of aliphatic hydroxyl groups excluding tert-OH is 1. The minimum absolute atomic E-state index is 0.231. The van der Waals surface area contributed by atoms with Gasteiger partial charge in [0.05, 0.1) is 22.5 Å². The fourth-order valence-corrected chi connectivity index (χ4v) is 3.63. The van der Waals surface area contributed by atoms with E-state index in [1.54, 1.807) is 0 Å². The molecule has 5 nitrogen and oxygen atoms in total. The maximum absolute atomic E-state index is 10.6. The van der Waals surface area contributed by atoms with Crippen molar-refractivity contribution in [2.24, 2.45) is 0 Å². The molecule has 3 aliphatic rings. The number of aliphatic hydroxyl groups is 1. The highest BCUT2D eigenvalue weighted by Crippen LogP contribution is 2.25. The van der Waals surface area contributed by atoms with E-state index in [1.165, 1.54) is 0 Å². The summed E-state index contributed by atoms with van der Waals surface area (Å²) in [5.74, 6) is 0. The summed E-state index contributed by atoms with van der Waals surface area (Å²) in [6.45, 7) is 10.1. The van der Waals surface area contributed by atoms with Crippen LogP contribution in [0, 0.1) is 6.92 Å². The molecule has 2 atom stereocenters. The minimum atomic E-state index is -0.378. The Morgan fingerprint density at radius 2 is 2.05 bits per heavy atom. The SMILES string of the molecule is CCn1nc(C)c(Cl)c1CC(O)C1CN2CCN1CC2. The maximum atomic E-state index is 10.6. The van der Waals surface area contributed by atoms with Gasteiger partial charge in [-0.2, -0.15) is 5.10 Å². The van der Waals surface area contributed by atoms with E-state index in [0.717, 1.165) is 50.7 Å². The molecule has 1 aromatic heterocycles. The number of fused-ring (bicyclic) bond motifs is 3. The molecule has 0 aromatic carbocycles. The fraction of sp³-hybridized carbons (Fsp3) is 0.786. The van der Waals surface area contributed by atoms with Gasteiger partial charge in [0.25, 0.3) is 0 Å². The molecule has 2 bridgehead atoms. The number of halogens is 1. The second-order valence-electron chi connectivity index (χ2n) is 5.84. The first kappa shape index (κ1) is 14.3. The molecule has 1 N–H and O–H groups in total. The van der Waals surface area contributed by atoms with Crippen molar-refractivity contribution in [1.29, 1.82) is 0 Å². The van der Waals surface area contributed by atoms with E-state index in [4.69, 9.17) is 11.6 Å². The number of hydrogen-bond acceptors (Lipinski definition) is 4. The molecule has 0 radical (unpaired) electrons. The Balaban J connectivity index is 1.74. The van der Waals surface area contributed by atoms with Gasteiger partial charge < -0.3 is 5.11 Å². The zero-order valence-corrected chi connectivity index (χ0v) is 13.0. The van der Waals surface area contributed by atoms with Crippen LogP contribution in [0.2, 0.25) is 5.02 Å². The lowest BCUT2D eigenvalue weighted by Crippen LogP contribution is -2.64. The highest BCUT2D eigenvalue weighted by atomic mass is 35.5. The number of piperazine rings is 3. The molecule has 0 spiro atoms. The summed E-state index contributed by atoms with van der Waals surface area (Å²) in [5.41, 5.74) is 1.82. The van der Waals surface area contributed by atoms with Gasteiger partial charge >= 0.3 is 0 Å². The Morgan fingerprint density at radius 1 is 1.35 bits per heavy atom. The van der Waals surface area contributed by atoms with Crippen LogP contribution in [-0.4, -0.2) is 69.6 Å². The summed E-state index contributed by atoms with van der Waals surface area (Å²) in [6.07, 6.45) is 0.208. The molecule has 0 saturated carbocycles. The molecule has 0 amide bonds. The Bertz CT molecular complexity index is 482. The second-order valence-corrected chi connectivity index (χ2v) is 6.22. The summed E-state index contributed by atoms with van der Waals surface area (Å²) >= 11 is 6.34. The third-order valence-electron chi connectivity index (χ3n) is 4.62. The van der Waals surface area contributed by atoms with Crippen molar-refractivity contribution < 1.29 is 5.11 Å². The van der Waals surface area contributed by atoms with Crippen LogP contribution >= 0.6 is 11.6 Å². The smallest absolute Gasteiger partial charge is 0.0848 e. The van der Waals surface area contributed by atoms with Crippen LogP contribution < -0.4 is 0 Å². The number of nitrogens with zero attached hydrogens (tertiary/aromatic N) is 4. The first-order valence-corrected chi connectivity index (χ1v) is 7.84. The molecule has 4 rings (SSSR count). The summed E-state index contributed by atoms with van der Waals surface area (Å²) in [4.78, 5) is 4.86. The summed E-state index contributed by atoms with van der Waals surface area (Å²) < 4.78 is 1.91. The van der Waals surface area contributed by atoms with Crippen LogP contribution in [0.5, 0.6) is 0 Å². The Morgan fingerprint density at radius 3 is 2.60 bits per heavy atom. The molecule has 0 aliphatic carbocycles. The lowest BCUT2D eigenvalue weighted by atomic mass is 9.98. The van der Waals surface area contributed by atoms with Crippen molar-refractivity contribution in [3.8, 4) is 0 Å². The quantitative estimate of drug-likeness (QED) is 0.892. The summed E-state index contributed by atoms with van der Waals surface area (Å²) in [6, 6.07) is 0.231. The zero-order chi connectivity index (χ0) is 14.3. The van der Waals surface area contributed by atoms with E-state index < -0.39 is 0 Å². The molecule has 4 heterocycles. The Hall–Kier alpha value is -0.620. The van der Waals surface area contributed by atoms with Gasteiger partial charge in [-0.15, -0.1) is 0 Å². The van der Waals surface area contributed by atoms with Crippen molar-refractivity contribution >= 4 is 11.6 Å². The van der Waals surface area contributed by atoms with Crippen LogP contribution in [0.25, 0.3) is 0 Å². The molecular weight excluding hydrogens is 276 g/mol. The average molecular weight is 299 g/mol. The molecule has 3 aliphatic heterocycles. The fourth-order valence-electron chi connectivity index (χ4n) is 3.42. The molecule has 20 heavy (non-hydrogen) atoms. The van der Waals surface area contributed by atoms with Gasteiger partial charge in [-0.05, 0) is 13.8 Å². The topological polar surface area (TPSA) is 44.5 Å². The van der Waals surface area contributed by atoms with E-state index in [0.29, 0.717) is 11.4 Å². The van der Waals surface area contributed by atoms with E-state index >= 15 is 0 Å². The zero-order valence-electron chi connectivity index (χ0n) is 12.2. The number of hydrogen-bond donors (Lipinski definition) is 1. The largest absolute Gasteiger partial charge is 0.391 e. The molecule has 2 unspecified atom stereocenters. The van der Waals surface area contributed by atoms with Crippen molar-refractivity contribution in [2.75, 3.05) is 32.7 Å². The molecule has 3 fully saturated rings. The maximum Gasteiger partial charge on any atom is 0.0848 e. The van der Waals surface area contributed by atoms with E-state index in [-0.39, 0.29) is 12.1 Å². The van der Waals surface area contributed by atoms with Crippen LogP contribution in [0.1, 0.15) is 18.3 Å². The van der Waals surface area contributed by atoms with Crippen molar-refractivity contribution in [2.45, 2.75) is 39.0 Å². The van der Waals surface area contributed by atoms with Crippen LogP contribution in [0.4, 0.5) is 0 Å². The Labute approximate surface area is 125 Å². The lowest BCUT2D eigenvalue weighted by Gasteiger charge is -2.49. The highest BCUT2D eigenvalue weighted by Gasteiger charge is 2.36. The standard InChI is InChI=1S/C14H23ClN4O/c1-3-19-11(14(15)10(2)16-19)8-13(20)12-9-17-4-6-18(12)7-5-17/h12-13,20H,3-9H2,1-2H3. The van der Waals surface area contributed by atoms with Gasteiger partial charge in [0.15, 0.2) is 0 Å². The predicted octanol–water partition coefficient (Wildman–Crippen LogP) is 0.768. The van der Waals surface area contributed by atoms with Crippen LogP contribution in [0.3, 0.4) is 0 Å².